The third-order valence-electron chi connectivity index (χ3n) is 2.81. The van der Waals surface area contributed by atoms with Crippen LogP contribution in [0.2, 0.25) is 0 Å². The lowest BCUT2D eigenvalue weighted by molar-refractivity contribution is -0.141. The minimum absolute atomic E-state index is 0.334. The molecule has 0 bridgehead atoms. The van der Waals surface area contributed by atoms with Gasteiger partial charge in [-0.05, 0) is 35.9 Å². The van der Waals surface area contributed by atoms with E-state index in [0.717, 1.165) is 20.2 Å². The highest BCUT2D eigenvalue weighted by molar-refractivity contribution is 9.10. The van der Waals surface area contributed by atoms with E-state index in [-0.39, 0.29) is 5.97 Å². The van der Waals surface area contributed by atoms with Gasteiger partial charge in [-0.15, -0.1) is 0 Å². The number of rotatable bonds is 4. The van der Waals surface area contributed by atoms with Gasteiger partial charge in [-0.25, -0.2) is 4.79 Å². The quantitative estimate of drug-likeness (QED) is 0.768. The molecule has 1 N–H and O–H groups in total. The van der Waals surface area contributed by atoms with E-state index in [2.05, 4.69) is 37.2 Å². The van der Waals surface area contributed by atoms with Crippen LogP contribution >= 0.6 is 31.9 Å². The number of esters is 1. The standard InChI is InChI=1S/C15H13Br2NO2/c1-20-15(19)14(12-4-2-3-5-13(12)17)18-11-8-6-10(16)7-9-11/h2-9,14,18H,1H3. The predicted octanol–water partition coefficient (Wildman–Crippen LogP) is 4.54. The number of anilines is 1. The molecule has 20 heavy (non-hydrogen) atoms. The second-order valence-electron chi connectivity index (χ2n) is 4.13. The van der Waals surface area contributed by atoms with Gasteiger partial charge in [0.2, 0.25) is 0 Å². The summed E-state index contributed by atoms with van der Waals surface area (Å²) in [5, 5.41) is 3.19. The van der Waals surface area contributed by atoms with E-state index in [0.29, 0.717) is 0 Å². The third kappa shape index (κ3) is 3.61. The minimum atomic E-state index is -0.559. The average Bonchev–Trinajstić information content (AvgIpc) is 2.47. The Morgan fingerprint density at radius 3 is 2.35 bits per heavy atom. The van der Waals surface area contributed by atoms with Crippen LogP contribution in [0.1, 0.15) is 11.6 Å². The molecule has 0 heterocycles. The topological polar surface area (TPSA) is 38.3 Å². The van der Waals surface area contributed by atoms with Gasteiger partial charge in [-0.3, -0.25) is 0 Å². The Balaban J connectivity index is 2.31. The first-order chi connectivity index (χ1) is 9.61. The lowest BCUT2D eigenvalue weighted by Crippen LogP contribution is -2.22. The van der Waals surface area contributed by atoms with Crippen LogP contribution in [0.4, 0.5) is 5.69 Å². The first-order valence-electron chi connectivity index (χ1n) is 5.96. The summed E-state index contributed by atoms with van der Waals surface area (Å²) in [6.07, 6.45) is 0. The summed E-state index contributed by atoms with van der Waals surface area (Å²) < 4.78 is 6.73. The number of halogens is 2. The van der Waals surface area contributed by atoms with E-state index in [1.54, 1.807) is 0 Å². The van der Waals surface area contributed by atoms with Crippen molar-refractivity contribution in [1.82, 2.24) is 0 Å². The van der Waals surface area contributed by atoms with Crippen LogP contribution in [-0.2, 0) is 9.53 Å². The molecule has 0 spiro atoms. The molecule has 0 radical (unpaired) electrons. The van der Waals surface area contributed by atoms with Crippen LogP contribution in [-0.4, -0.2) is 13.1 Å². The average molecular weight is 399 g/mol. The highest BCUT2D eigenvalue weighted by Crippen LogP contribution is 2.27. The van der Waals surface area contributed by atoms with Crippen LogP contribution in [0.25, 0.3) is 0 Å². The lowest BCUT2D eigenvalue weighted by Gasteiger charge is -2.19. The van der Waals surface area contributed by atoms with Crippen molar-refractivity contribution in [3.05, 3.63) is 63.0 Å². The molecule has 0 fully saturated rings. The van der Waals surface area contributed by atoms with E-state index in [4.69, 9.17) is 4.74 Å². The maximum Gasteiger partial charge on any atom is 0.333 e. The lowest BCUT2D eigenvalue weighted by atomic mass is 10.1. The summed E-state index contributed by atoms with van der Waals surface area (Å²) in [5.41, 5.74) is 1.68. The minimum Gasteiger partial charge on any atom is -0.467 e. The molecular formula is C15H13Br2NO2. The zero-order valence-electron chi connectivity index (χ0n) is 10.8. The van der Waals surface area contributed by atoms with Gasteiger partial charge in [0.15, 0.2) is 6.04 Å². The Morgan fingerprint density at radius 2 is 1.75 bits per heavy atom. The number of nitrogens with one attached hydrogen (secondary N) is 1. The molecule has 0 saturated heterocycles. The molecule has 2 aromatic rings. The van der Waals surface area contributed by atoms with Crippen molar-refractivity contribution in [2.24, 2.45) is 0 Å². The Kier molecular flexibility index (Phi) is 5.20. The molecule has 0 aliphatic heterocycles. The van der Waals surface area contributed by atoms with Crippen molar-refractivity contribution >= 4 is 43.5 Å². The van der Waals surface area contributed by atoms with Crippen LogP contribution < -0.4 is 5.32 Å². The number of hydrogen-bond donors (Lipinski definition) is 1. The Hall–Kier alpha value is -1.33. The molecule has 5 heteroatoms. The third-order valence-corrected chi connectivity index (χ3v) is 4.06. The smallest absolute Gasteiger partial charge is 0.333 e. The fraction of sp³-hybridized carbons (Fsp3) is 0.133. The van der Waals surface area contributed by atoms with E-state index >= 15 is 0 Å². The van der Waals surface area contributed by atoms with Gasteiger partial charge >= 0.3 is 5.97 Å². The monoisotopic (exact) mass is 397 g/mol. The number of hydrogen-bond acceptors (Lipinski definition) is 3. The van der Waals surface area contributed by atoms with Gasteiger partial charge in [-0.1, -0.05) is 50.1 Å². The molecule has 3 nitrogen and oxygen atoms in total. The Morgan fingerprint density at radius 1 is 1.10 bits per heavy atom. The second-order valence-corrected chi connectivity index (χ2v) is 5.90. The Labute approximate surface area is 134 Å². The maximum atomic E-state index is 12.0. The zero-order valence-corrected chi connectivity index (χ0v) is 13.9. The van der Waals surface area contributed by atoms with Gasteiger partial charge in [0, 0.05) is 14.6 Å². The molecule has 1 atom stereocenters. The van der Waals surface area contributed by atoms with Crippen molar-refractivity contribution in [2.45, 2.75) is 6.04 Å². The van der Waals surface area contributed by atoms with Crippen LogP contribution in [0.5, 0.6) is 0 Å². The fourth-order valence-electron chi connectivity index (χ4n) is 1.80. The summed E-state index contributed by atoms with van der Waals surface area (Å²) in [6.45, 7) is 0. The number of methoxy groups -OCH3 is 1. The summed E-state index contributed by atoms with van der Waals surface area (Å²) in [7, 11) is 1.38. The van der Waals surface area contributed by atoms with Crippen LogP contribution in [0.3, 0.4) is 0 Å². The maximum absolute atomic E-state index is 12.0. The van der Waals surface area contributed by atoms with E-state index in [9.17, 15) is 4.79 Å². The van der Waals surface area contributed by atoms with E-state index in [1.165, 1.54) is 7.11 Å². The summed E-state index contributed by atoms with van der Waals surface area (Å²) in [4.78, 5) is 12.0. The van der Waals surface area contributed by atoms with Gasteiger partial charge in [-0.2, -0.15) is 0 Å². The summed E-state index contributed by atoms with van der Waals surface area (Å²) in [6, 6.07) is 14.6. The van der Waals surface area contributed by atoms with E-state index < -0.39 is 6.04 Å². The van der Waals surface area contributed by atoms with Crippen molar-refractivity contribution in [3.8, 4) is 0 Å². The van der Waals surface area contributed by atoms with Crippen molar-refractivity contribution in [2.75, 3.05) is 12.4 Å². The highest BCUT2D eigenvalue weighted by atomic mass is 79.9. The van der Waals surface area contributed by atoms with Gasteiger partial charge in [0.25, 0.3) is 0 Å². The molecule has 0 amide bonds. The number of carbonyl (C=O) groups excluding carboxylic acids is 1. The van der Waals surface area contributed by atoms with Gasteiger partial charge in [0.05, 0.1) is 7.11 Å². The van der Waals surface area contributed by atoms with Crippen molar-refractivity contribution in [1.29, 1.82) is 0 Å². The first-order valence-corrected chi connectivity index (χ1v) is 7.55. The zero-order chi connectivity index (χ0) is 14.5. The van der Waals surface area contributed by atoms with Gasteiger partial charge < -0.3 is 10.1 Å². The molecule has 0 aliphatic carbocycles. The number of ether oxygens (including phenoxy) is 1. The molecule has 2 rings (SSSR count). The summed E-state index contributed by atoms with van der Waals surface area (Å²) >= 11 is 6.85. The number of benzene rings is 2. The molecular weight excluding hydrogens is 386 g/mol. The number of carbonyl (C=O) groups is 1. The molecule has 1 unspecified atom stereocenters. The normalized spacial score (nSPS) is 11.8. The molecule has 0 saturated carbocycles. The molecule has 0 aromatic heterocycles. The molecule has 104 valence electrons. The summed E-state index contributed by atoms with van der Waals surface area (Å²) in [5.74, 6) is -0.334. The fourth-order valence-corrected chi connectivity index (χ4v) is 2.58. The van der Waals surface area contributed by atoms with E-state index in [1.807, 2.05) is 48.5 Å². The Bertz CT molecular complexity index is 599. The van der Waals surface area contributed by atoms with Crippen LogP contribution in [0.15, 0.2) is 57.5 Å². The molecule has 2 aromatic carbocycles. The SMILES string of the molecule is COC(=O)C(Nc1ccc(Br)cc1)c1ccccc1Br. The molecule has 0 aliphatic rings. The highest BCUT2D eigenvalue weighted by Gasteiger charge is 2.23. The first kappa shape index (κ1) is 15.1. The van der Waals surface area contributed by atoms with Crippen molar-refractivity contribution < 1.29 is 9.53 Å². The van der Waals surface area contributed by atoms with Crippen molar-refractivity contribution in [3.63, 3.8) is 0 Å². The van der Waals surface area contributed by atoms with Gasteiger partial charge in [0.1, 0.15) is 0 Å². The largest absolute Gasteiger partial charge is 0.467 e. The predicted molar refractivity (Wildman–Crippen MR) is 86.7 cm³/mol. The van der Waals surface area contributed by atoms with Crippen LogP contribution in [0, 0.1) is 0 Å². The second kappa shape index (κ2) is 6.90.